The van der Waals surface area contributed by atoms with Gasteiger partial charge in [-0.3, -0.25) is 9.13 Å². The highest BCUT2D eigenvalue weighted by Crippen LogP contribution is 2.39. The molecule has 1 saturated heterocycles. The minimum Gasteiger partial charge on any atom is -0.326 e. The second-order valence-corrected chi connectivity index (χ2v) is 11.3. The van der Waals surface area contributed by atoms with Crippen molar-refractivity contribution >= 4 is 32.4 Å². The highest BCUT2D eigenvalue weighted by molar-refractivity contribution is 7.91. The van der Waals surface area contributed by atoms with Crippen LogP contribution in [-0.2, 0) is 30.4 Å². The van der Waals surface area contributed by atoms with Crippen molar-refractivity contribution in [3.63, 3.8) is 0 Å². The second-order valence-electron chi connectivity index (χ2n) is 9.00. The quantitative estimate of drug-likeness (QED) is 0.578. The summed E-state index contributed by atoms with van der Waals surface area (Å²) in [7, 11) is 0.335. The van der Waals surface area contributed by atoms with Crippen molar-refractivity contribution in [1.82, 2.24) is 14.1 Å². The molecular formula is C23H26F2N4O3S. The number of aromatic nitrogens is 3. The Morgan fingerprint density at radius 3 is 2.52 bits per heavy atom. The summed E-state index contributed by atoms with van der Waals surface area (Å²) < 4.78 is 54.0. The Kier molecular flexibility index (Phi) is 5.30. The van der Waals surface area contributed by atoms with E-state index < -0.39 is 16.3 Å². The molecule has 2 aromatic heterocycles. The van der Waals surface area contributed by atoms with E-state index in [1.165, 1.54) is 12.1 Å². The molecule has 0 bridgehead atoms. The van der Waals surface area contributed by atoms with Crippen molar-refractivity contribution in [1.29, 1.82) is 0 Å². The van der Waals surface area contributed by atoms with Crippen molar-refractivity contribution in [2.45, 2.75) is 38.0 Å². The van der Waals surface area contributed by atoms with Crippen LogP contribution in [0.1, 0.15) is 48.4 Å². The van der Waals surface area contributed by atoms with Crippen LogP contribution in [0, 0.1) is 0 Å². The van der Waals surface area contributed by atoms with Gasteiger partial charge in [0.15, 0.2) is 0 Å². The third-order valence-corrected chi connectivity index (χ3v) is 8.67. The standard InChI is InChI=1S/C23H26F2N4O3S/c1-27-18-13-19(29-9-3-4-14-5-6-16(22(24)25)12-17(14)29)26-20(21(18)28(2)23(27)30)15-7-10-33(31,32)11-8-15/h5-6,12-13,15,22H,3-4,7-11H2,1-2H3. The topological polar surface area (TPSA) is 77.2 Å². The number of imidazole rings is 1. The molecule has 1 aromatic carbocycles. The summed E-state index contributed by atoms with van der Waals surface area (Å²) in [6, 6.07) is 6.59. The molecule has 0 atom stereocenters. The third-order valence-electron chi connectivity index (χ3n) is 6.95. The average molecular weight is 477 g/mol. The summed E-state index contributed by atoms with van der Waals surface area (Å²) in [5, 5.41) is 0. The number of hydrogen-bond donors (Lipinski definition) is 0. The van der Waals surface area contributed by atoms with Gasteiger partial charge in [-0.2, -0.15) is 0 Å². The zero-order chi connectivity index (χ0) is 23.5. The molecular weight excluding hydrogens is 450 g/mol. The van der Waals surface area contributed by atoms with Crippen LogP contribution in [0.25, 0.3) is 11.0 Å². The number of hydrogen-bond acceptors (Lipinski definition) is 5. The smallest absolute Gasteiger partial charge is 0.326 e. The third kappa shape index (κ3) is 3.74. The number of aryl methyl sites for hydroxylation is 3. The molecule has 0 unspecified atom stereocenters. The number of rotatable bonds is 3. The number of anilines is 2. The monoisotopic (exact) mass is 476 g/mol. The van der Waals surface area contributed by atoms with Gasteiger partial charge in [-0.05, 0) is 37.3 Å². The highest BCUT2D eigenvalue weighted by atomic mass is 32.2. The molecule has 5 rings (SSSR count). The lowest BCUT2D eigenvalue weighted by atomic mass is 9.96. The second kappa shape index (κ2) is 7.93. The fourth-order valence-corrected chi connectivity index (χ4v) is 6.60. The van der Waals surface area contributed by atoms with E-state index in [0.717, 1.165) is 18.4 Å². The Labute approximate surface area is 190 Å². The first-order chi connectivity index (χ1) is 15.7. The van der Waals surface area contributed by atoms with Crippen LogP contribution >= 0.6 is 0 Å². The van der Waals surface area contributed by atoms with Gasteiger partial charge in [-0.25, -0.2) is 27.0 Å². The normalized spacial score (nSPS) is 18.8. The Bertz CT molecular complexity index is 1400. The van der Waals surface area contributed by atoms with Crippen LogP contribution < -0.4 is 10.6 Å². The maximum Gasteiger partial charge on any atom is 0.328 e. The molecule has 3 aromatic rings. The summed E-state index contributed by atoms with van der Waals surface area (Å²) in [6.07, 6.45) is -0.0175. The van der Waals surface area contributed by atoms with Gasteiger partial charge in [0.05, 0.1) is 28.2 Å². The molecule has 0 aliphatic carbocycles. The minimum atomic E-state index is -3.06. The minimum absolute atomic E-state index is 0.0356. The zero-order valence-corrected chi connectivity index (χ0v) is 19.4. The molecule has 33 heavy (non-hydrogen) atoms. The van der Waals surface area contributed by atoms with E-state index >= 15 is 0 Å². The maximum absolute atomic E-state index is 13.4. The molecule has 1 fully saturated rings. The van der Waals surface area contributed by atoms with Gasteiger partial charge >= 0.3 is 5.69 Å². The van der Waals surface area contributed by atoms with Crippen molar-refractivity contribution in [2.24, 2.45) is 14.1 Å². The summed E-state index contributed by atoms with van der Waals surface area (Å²) in [5.41, 5.74) is 3.58. The first-order valence-electron chi connectivity index (χ1n) is 11.1. The van der Waals surface area contributed by atoms with Crippen molar-refractivity contribution in [3.8, 4) is 0 Å². The molecule has 0 N–H and O–H groups in total. The summed E-state index contributed by atoms with van der Waals surface area (Å²) in [4.78, 5) is 19.6. The summed E-state index contributed by atoms with van der Waals surface area (Å²) in [6.45, 7) is 0.622. The van der Waals surface area contributed by atoms with Crippen molar-refractivity contribution in [3.05, 3.63) is 51.6 Å². The average Bonchev–Trinajstić information content (AvgIpc) is 3.01. The Balaban J connectivity index is 1.69. The molecule has 2 aliphatic rings. The van der Waals surface area contributed by atoms with Gasteiger partial charge in [-0.1, -0.05) is 12.1 Å². The van der Waals surface area contributed by atoms with Gasteiger partial charge in [0.2, 0.25) is 0 Å². The van der Waals surface area contributed by atoms with E-state index in [4.69, 9.17) is 4.98 Å². The SMILES string of the molecule is Cn1c(=O)n(C)c2c(C3CCS(=O)(=O)CC3)nc(N3CCCc4ccc(C(F)F)cc43)cc21. The van der Waals surface area contributed by atoms with E-state index in [2.05, 4.69) is 0 Å². The van der Waals surface area contributed by atoms with Crippen LogP contribution in [0.15, 0.2) is 29.1 Å². The van der Waals surface area contributed by atoms with Gasteiger partial charge in [0, 0.05) is 43.9 Å². The van der Waals surface area contributed by atoms with Crippen molar-refractivity contribution < 1.29 is 17.2 Å². The summed E-state index contributed by atoms with van der Waals surface area (Å²) >= 11 is 0. The lowest BCUT2D eigenvalue weighted by Gasteiger charge is -2.32. The molecule has 0 amide bonds. The molecule has 2 aliphatic heterocycles. The van der Waals surface area contributed by atoms with E-state index in [1.807, 2.05) is 11.0 Å². The number of pyridine rings is 1. The van der Waals surface area contributed by atoms with E-state index in [1.54, 1.807) is 29.3 Å². The zero-order valence-electron chi connectivity index (χ0n) is 18.6. The van der Waals surface area contributed by atoms with E-state index in [-0.39, 0.29) is 28.7 Å². The van der Waals surface area contributed by atoms with E-state index in [0.29, 0.717) is 47.6 Å². The van der Waals surface area contributed by atoms with Gasteiger partial charge in [0.1, 0.15) is 15.7 Å². The first-order valence-corrected chi connectivity index (χ1v) is 12.9. The Hall–Kier alpha value is -2.75. The number of fused-ring (bicyclic) bond motifs is 2. The first kappa shape index (κ1) is 22.1. The van der Waals surface area contributed by atoms with Crippen LogP contribution in [-0.4, -0.2) is 40.6 Å². The molecule has 176 valence electrons. The molecule has 0 saturated carbocycles. The van der Waals surface area contributed by atoms with Crippen LogP contribution in [0.5, 0.6) is 0 Å². The number of sulfone groups is 1. The highest BCUT2D eigenvalue weighted by Gasteiger charge is 2.30. The number of benzene rings is 1. The number of nitrogens with zero attached hydrogens (tertiary/aromatic N) is 4. The van der Waals surface area contributed by atoms with Gasteiger partial charge < -0.3 is 4.90 Å². The lowest BCUT2D eigenvalue weighted by Crippen LogP contribution is -2.27. The number of alkyl halides is 2. The van der Waals surface area contributed by atoms with Crippen LogP contribution in [0.4, 0.5) is 20.3 Å². The Morgan fingerprint density at radius 1 is 1.09 bits per heavy atom. The van der Waals surface area contributed by atoms with Crippen LogP contribution in [0.2, 0.25) is 0 Å². The fourth-order valence-electron chi connectivity index (χ4n) is 5.11. The van der Waals surface area contributed by atoms with E-state index in [9.17, 15) is 22.0 Å². The predicted octanol–water partition coefficient (Wildman–Crippen LogP) is 3.59. The molecule has 0 radical (unpaired) electrons. The predicted molar refractivity (Wildman–Crippen MR) is 123 cm³/mol. The fraction of sp³-hybridized carbons (Fsp3) is 0.478. The summed E-state index contributed by atoms with van der Waals surface area (Å²) in [5.74, 6) is 0.687. The van der Waals surface area contributed by atoms with Gasteiger partial charge in [-0.15, -0.1) is 0 Å². The van der Waals surface area contributed by atoms with Crippen LogP contribution in [0.3, 0.4) is 0 Å². The number of halogens is 2. The molecule has 4 heterocycles. The largest absolute Gasteiger partial charge is 0.328 e. The maximum atomic E-state index is 13.4. The lowest BCUT2D eigenvalue weighted by molar-refractivity contribution is 0.151. The molecule has 7 nitrogen and oxygen atoms in total. The molecule has 0 spiro atoms. The molecule has 10 heteroatoms. The Morgan fingerprint density at radius 2 is 1.82 bits per heavy atom. The van der Waals surface area contributed by atoms with Crippen molar-refractivity contribution in [2.75, 3.05) is 23.0 Å². The van der Waals surface area contributed by atoms with Gasteiger partial charge in [0.25, 0.3) is 6.43 Å².